The summed E-state index contributed by atoms with van der Waals surface area (Å²) >= 11 is 0. The summed E-state index contributed by atoms with van der Waals surface area (Å²) < 4.78 is 0. The third kappa shape index (κ3) is 2.56. The first kappa shape index (κ1) is 10.4. The number of carbonyl (C=O) groups is 2. The van der Waals surface area contributed by atoms with E-state index in [-0.39, 0.29) is 0 Å². The minimum Gasteiger partial charge on any atom is -0.481 e. The van der Waals surface area contributed by atoms with Crippen LogP contribution in [0.5, 0.6) is 0 Å². The maximum Gasteiger partial charge on any atom is 0.338 e. The summed E-state index contributed by atoms with van der Waals surface area (Å²) in [5.74, 6) is -2.69. The van der Waals surface area contributed by atoms with Crippen molar-refractivity contribution < 1.29 is 19.8 Å². The van der Waals surface area contributed by atoms with Crippen molar-refractivity contribution in [3.8, 4) is 6.07 Å². The first-order chi connectivity index (χ1) is 5.42. The molecule has 66 valence electrons. The minimum absolute atomic E-state index is 0.395. The first-order valence-corrected chi connectivity index (χ1v) is 3.07. The molecule has 0 spiro atoms. The molecule has 6 heteroatoms. The number of rotatable bonds is 4. The molecule has 0 heterocycles. The number of hydrogen-bond donors (Lipinski definition) is 3. The zero-order valence-electron chi connectivity index (χ0n) is 6.15. The molecule has 0 radical (unpaired) electrons. The van der Waals surface area contributed by atoms with Gasteiger partial charge in [-0.15, -0.1) is 0 Å². The zero-order chi connectivity index (χ0) is 9.78. The van der Waals surface area contributed by atoms with Crippen LogP contribution in [0.25, 0.3) is 0 Å². The summed E-state index contributed by atoms with van der Waals surface area (Å²) in [5.41, 5.74) is 2.98. The molecule has 12 heavy (non-hydrogen) atoms. The lowest BCUT2D eigenvalue weighted by atomic mass is 9.97. The number of nitriles is 1. The van der Waals surface area contributed by atoms with Crippen LogP contribution in [0.15, 0.2) is 0 Å². The third-order valence-corrected chi connectivity index (χ3v) is 1.31. The fourth-order valence-corrected chi connectivity index (χ4v) is 0.515. The van der Waals surface area contributed by atoms with Gasteiger partial charge >= 0.3 is 11.9 Å². The van der Waals surface area contributed by atoms with Crippen molar-refractivity contribution in [2.24, 2.45) is 5.73 Å². The number of carboxylic acids is 2. The van der Waals surface area contributed by atoms with Gasteiger partial charge in [0.1, 0.15) is 0 Å². The summed E-state index contributed by atoms with van der Waals surface area (Å²) in [4.78, 5) is 20.4. The van der Waals surface area contributed by atoms with E-state index in [0.29, 0.717) is 0 Å². The standard InChI is InChI=1S/C6H8N2O4/c7-3-6(8,5(11)12)2-1-4(9)10/h1-2,8H2,(H,9,10)(H,11,12). The van der Waals surface area contributed by atoms with Crippen molar-refractivity contribution in [2.45, 2.75) is 18.4 Å². The second-order valence-corrected chi connectivity index (χ2v) is 2.28. The van der Waals surface area contributed by atoms with Gasteiger partial charge in [0.15, 0.2) is 0 Å². The molecule has 0 amide bonds. The van der Waals surface area contributed by atoms with Crippen LogP contribution in [-0.2, 0) is 9.59 Å². The Morgan fingerprint density at radius 2 is 2.00 bits per heavy atom. The summed E-state index contributed by atoms with van der Waals surface area (Å²) in [5, 5.41) is 24.9. The highest BCUT2D eigenvalue weighted by atomic mass is 16.4. The van der Waals surface area contributed by atoms with Crippen molar-refractivity contribution in [1.29, 1.82) is 5.26 Å². The molecule has 4 N–H and O–H groups in total. The number of nitrogens with two attached hydrogens (primary N) is 1. The molecule has 6 nitrogen and oxygen atoms in total. The fraction of sp³-hybridized carbons (Fsp3) is 0.500. The molecule has 0 aromatic carbocycles. The van der Waals surface area contributed by atoms with E-state index in [2.05, 4.69) is 0 Å². The van der Waals surface area contributed by atoms with E-state index in [1.54, 1.807) is 0 Å². The van der Waals surface area contributed by atoms with Crippen LogP contribution in [-0.4, -0.2) is 27.7 Å². The smallest absolute Gasteiger partial charge is 0.338 e. The number of hydrogen-bond acceptors (Lipinski definition) is 4. The van der Waals surface area contributed by atoms with E-state index in [4.69, 9.17) is 21.2 Å². The Hall–Kier alpha value is -1.61. The Kier molecular flexibility index (Phi) is 3.19. The first-order valence-electron chi connectivity index (χ1n) is 3.07. The highest BCUT2D eigenvalue weighted by molar-refractivity contribution is 5.83. The molecule has 0 saturated carbocycles. The van der Waals surface area contributed by atoms with E-state index < -0.39 is 30.3 Å². The molecule has 0 rings (SSSR count). The molecule has 0 aromatic heterocycles. The van der Waals surface area contributed by atoms with Gasteiger partial charge in [0.25, 0.3) is 0 Å². The summed E-state index contributed by atoms with van der Waals surface area (Å²) in [6, 6.07) is 1.35. The van der Waals surface area contributed by atoms with E-state index in [1.165, 1.54) is 6.07 Å². The lowest BCUT2D eigenvalue weighted by Gasteiger charge is -2.13. The number of carboxylic acid groups (broad SMARTS) is 2. The van der Waals surface area contributed by atoms with E-state index in [0.717, 1.165) is 0 Å². The Morgan fingerprint density at radius 1 is 1.50 bits per heavy atom. The predicted molar refractivity (Wildman–Crippen MR) is 37.0 cm³/mol. The third-order valence-electron chi connectivity index (χ3n) is 1.31. The maximum atomic E-state index is 10.3. The topological polar surface area (TPSA) is 124 Å². The molecule has 0 aliphatic carbocycles. The summed E-state index contributed by atoms with van der Waals surface area (Å²) in [7, 11) is 0. The van der Waals surface area contributed by atoms with Crippen molar-refractivity contribution >= 4 is 11.9 Å². The van der Waals surface area contributed by atoms with Gasteiger partial charge in [0.05, 0.1) is 6.07 Å². The largest absolute Gasteiger partial charge is 0.481 e. The van der Waals surface area contributed by atoms with Gasteiger partial charge in [0.2, 0.25) is 5.54 Å². The van der Waals surface area contributed by atoms with Crippen LogP contribution in [0.1, 0.15) is 12.8 Å². The normalized spacial score (nSPS) is 14.3. The SMILES string of the molecule is N#CC(N)(CCC(=O)O)C(=O)O. The monoisotopic (exact) mass is 172 g/mol. The van der Waals surface area contributed by atoms with Crippen molar-refractivity contribution in [2.75, 3.05) is 0 Å². The van der Waals surface area contributed by atoms with Crippen molar-refractivity contribution in [1.82, 2.24) is 0 Å². The lowest BCUT2D eigenvalue weighted by Crippen LogP contribution is -2.46. The van der Waals surface area contributed by atoms with E-state index >= 15 is 0 Å². The molecule has 0 aliphatic rings. The highest BCUT2D eigenvalue weighted by Gasteiger charge is 2.34. The molecule has 0 bridgehead atoms. The molecule has 0 aliphatic heterocycles. The fourth-order valence-electron chi connectivity index (χ4n) is 0.515. The second kappa shape index (κ2) is 3.69. The van der Waals surface area contributed by atoms with Gasteiger partial charge in [-0.2, -0.15) is 5.26 Å². The highest BCUT2D eigenvalue weighted by Crippen LogP contribution is 2.08. The van der Waals surface area contributed by atoms with Gasteiger partial charge in [-0.3, -0.25) is 4.79 Å². The van der Waals surface area contributed by atoms with Gasteiger partial charge in [-0.05, 0) is 0 Å². The molecule has 1 unspecified atom stereocenters. The second-order valence-electron chi connectivity index (χ2n) is 2.28. The van der Waals surface area contributed by atoms with Crippen LogP contribution < -0.4 is 5.73 Å². The average molecular weight is 172 g/mol. The number of nitrogens with zero attached hydrogens (tertiary/aromatic N) is 1. The molecule has 0 aromatic rings. The predicted octanol–water partition coefficient (Wildman–Crippen LogP) is -0.843. The van der Waals surface area contributed by atoms with E-state index in [1.807, 2.05) is 0 Å². The summed E-state index contributed by atoms with van der Waals surface area (Å²) in [6.07, 6.45) is -0.829. The quantitative estimate of drug-likeness (QED) is 0.507. The molecular formula is C6H8N2O4. The zero-order valence-corrected chi connectivity index (χ0v) is 6.15. The Bertz CT molecular complexity index is 244. The molecule has 0 saturated heterocycles. The molecular weight excluding hydrogens is 164 g/mol. The van der Waals surface area contributed by atoms with Crippen LogP contribution >= 0.6 is 0 Å². The maximum absolute atomic E-state index is 10.3. The Morgan fingerprint density at radius 3 is 2.25 bits per heavy atom. The van der Waals surface area contributed by atoms with Crippen molar-refractivity contribution in [3.63, 3.8) is 0 Å². The van der Waals surface area contributed by atoms with Gasteiger partial charge < -0.3 is 15.9 Å². The van der Waals surface area contributed by atoms with Crippen LogP contribution in [0.4, 0.5) is 0 Å². The van der Waals surface area contributed by atoms with Gasteiger partial charge in [0, 0.05) is 12.8 Å². The minimum atomic E-state index is -2.08. The van der Waals surface area contributed by atoms with Gasteiger partial charge in [-0.25, -0.2) is 4.79 Å². The van der Waals surface area contributed by atoms with Crippen molar-refractivity contribution in [3.05, 3.63) is 0 Å². The van der Waals surface area contributed by atoms with Gasteiger partial charge in [-0.1, -0.05) is 0 Å². The number of aliphatic carboxylic acids is 2. The molecule has 0 fully saturated rings. The van der Waals surface area contributed by atoms with Crippen LogP contribution in [0.3, 0.4) is 0 Å². The van der Waals surface area contributed by atoms with Crippen LogP contribution in [0.2, 0.25) is 0 Å². The average Bonchev–Trinajstić information content (AvgIpc) is 1.99. The molecule has 1 atom stereocenters. The lowest BCUT2D eigenvalue weighted by molar-refractivity contribution is -0.142. The van der Waals surface area contributed by atoms with E-state index in [9.17, 15) is 9.59 Å². The Balaban J connectivity index is 4.28. The summed E-state index contributed by atoms with van der Waals surface area (Å²) in [6.45, 7) is 0. The van der Waals surface area contributed by atoms with Crippen LogP contribution in [0, 0.1) is 11.3 Å². The Labute approximate surface area is 68.2 Å².